The second kappa shape index (κ2) is 6.35. The molecule has 0 aliphatic carbocycles. The van der Waals surface area contributed by atoms with Gasteiger partial charge in [-0.25, -0.2) is 14.4 Å². The number of rotatable bonds is 2. The molecule has 134 valence electrons. The molecule has 0 saturated heterocycles. The molecule has 4 heterocycles. The van der Waals surface area contributed by atoms with E-state index in [0.29, 0.717) is 22.3 Å². The number of hydrogen-bond acceptors (Lipinski definition) is 4. The first-order chi connectivity index (χ1) is 13.7. The normalized spacial score (nSPS) is 11.2. The highest BCUT2D eigenvalue weighted by atomic mass is 19.1. The molecule has 5 aromatic rings. The number of pyridine rings is 4. The average Bonchev–Trinajstić information content (AvgIpc) is 2.74. The molecule has 0 amide bonds. The molecule has 0 unspecified atom stereocenters. The third-order valence-electron chi connectivity index (χ3n) is 4.73. The molecule has 28 heavy (non-hydrogen) atoms. The van der Waals surface area contributed by atoms with Crippen molar-refractivity contribution >= 4 is 21.8 Å². The van der Waals surface area contributed by atoms with Gasteiger partial charge in [0.2, 0.25) is 0 Å². The minimum atomic E-state index is -0.355. The summed E-state index contributed by atoms with van der Waals surface area (Å²) in [7, 11) is 0. The van der Waals surface area contributed by atoms with Crippen LogP contribution >= 0.6 is 0 Å². The first-order valence-electron chi connectivity index (χ1n) is 8.69. The molecule has 0 spiro atoms. The predicted molar refractivity (Wildman–Crippen MR) is 106 cm³/mol. The van der Waals surface area contributed by atoms with Crippen molar-refractivity contribution in [3.05, 3.63) is 89.5 Å². The van der Waals surface area contributed by atoms with Crippen molar-refractivity contribution in [2.75, 3.05) is 0 Å². The Morgan fingerprint density at radius 2 is 1.75 bits per heavy atom. The van der Waals surface area contributed by atoms with E-state index in [0.717, 1.165) is 21.9 Å². The van der Waals surface area contributed by atoms with Crippen LogP contribution in [0.2, 0.25) is 0 Å². The first-order valence-corrected chi connectivity index (χ1v) is 8.69. The third kappa shape index (κ3) is 2.54. The Morgan fingerprint density at radius 1 is 0.857 bits per heavy atom. The van der Waals surface area contributed by atoms with Gasteiger partial charge in [0, 0.05) is 41.3 Å². The fourth-order valence-electron chi connectivity index (χ4n) is 3.41. The van der Waals surface area contributed by atoms with Crippen LogP contribution in [-0.2, 0) is 0 Å². The topological polar surface area (TPSA) is 71.5 Å². The third-order valence-corrected chi connectivity index (χ3v) is 4.73. The van der Waals surface area contributed by atoms with Crippen LogP contribution in [0.4, 0.5) is 4.39 Å². The van der Waals surface area contributed by atoms with Gasteiger partial charge in [0.15, 0.2) is 5.65 Å². The van der Waals surface area contributed by atoms with Crippen molar-refractivity contribution in [2.45, 2.75) is 0 Å². The van der Waals surface area contributed by atoms with Crippen LogP contribution in [0.3, 0.4) is 0 Å². The van der Waals surface area contributed by atoms with Crippen molar-refractivity contribution in [3.63, 3.8) is 0 Å². The molecule has 0 fully saturated rings. The highest BCUT2D eigenvalue weighted by Gasteiger charge is 2.15. The average molecular weight is 368 g/mol. The van der Waals surface area contributed by atoms with Crippen molar-refractivity contribution < 1.29 is 4.39 Å². The quantitative estimate of drug-likeness (QED) is 0.503. The number of nitrogens with one attached hydrogen (secondary N) is 1. The summed E-state index contributed by atoms with van der Waals surface area (Å²) in [5.74, 6) is -0.355. The molecule has 4 aromatic heterocycles. The summed E-state index contributed by atoms with van der Waals surface area (Å²) in [5.41, 5.74) is 2.78. The SMILES string of the molecule is O=c1[nH]cc(-c2cc(-c3ccccc3F)nc3ncccc23)c2ccncc12. The van der Waals surface area contributed by atoms with Crippen molar-refractivity contribution in [1.29, 1.82) is 0 Å². The van der Waals surface area contributed by atoms with Crippen LogP contribution in [0.15, 0.2) is 78.1 Å². The molecule has 1 aromatic carbocycles. The Kier molecular flexibility index (Phi) is 3.69. The number of aromatic nitrogens is 4. The fourth-order valence-corrected chi connectivity index (χ4v) is 3.41. The zero-order chi connectivity index (χ0) is 19.1. The summed E-state index contributed by atoms with van der Waals surface area (Å²) < 4.78 is 14.4. The molecule has 6 heteroatoms. The number of nitrogens with zero attached hydrogens (tertiary/aromatic N) is 3. The highest BCUT2D eigenvalue weighted by Crippen LogP contribution is 2.34. The molecule has 5 rings (SSSR count). The monoisotopic (exact) mass is 368 g/mol. The Balaban J connectivity index is 1.89. The van der Waals surface area contributed by atoms with Crippen LogP contribution in [0.1, 0.15) is 0 Å². The van der Waals surface area contributed by atoms with E-state index in [1.54, 1.807) is 42.9 Å². The molecule has 0 atom stereocenters. The van der Waals surface area contributed by atoms with Gasteiger partial charge in [0.1, 0.15) is 5.82 Å². The molecule has 0 bridgehead atoms. The smallest absolute Gasteiger partial charge is 0.257 e. The summed E-state index contributed by atoms with van der Waals surface area (Å²) in [6.07, 6.45) is 6.50. The Morgan fingerprint density at radius 3 is 2.64 bits per heavy atom. The van der Waals surface area contributed by atoms with Crippen LogP contribution in [-0.4, -0.2) is 19.9 Å². The molecular formula is C22H13FN4O. The van der Waals surface area contributed by atoms with Crippen LogP contribution in [0.25, 0.3) is 44.2 Å². The van der Waals surface area contributed by atoms with Gasteiger partial charge in [0.05, 0.1) is 11.1 Å². The maximum Gasteiger partial charge on any atom is 0.257 e. The maximum atomic E-state index is 14.4. The number of H-pyrrole nitrogens is 1. The predicted octanol–water partition coefficient (Wildman–Crippen LogP) is 4.34. The summed E-state index contributed by atoms with van der Waals surface area (Å²) in [6.45, 7) is 0. The first kappa shape index (κ1) is 16.3. The molecule has 0 radical (unpaired) electrons. The van der Waals surface area contributed by atoms with Crippen molar-refractivity contribution in [1.82, 2.24) is 19.9 Å². The second-order valence-electron chi connectivity index (χ2n) is 6.36. The van der Waals surface area contributed by atoms with Crippen LogP contribution in [0.5, 0.6) is 0 Å². The Hall–Kier alpha value is -3.93. The molecule has 0 aliphatic heterocycles. The van der Waals surface area contributed by atoms with Crippen molar-refractivity contribution in [2.24, 2.45) is 0 Å². The number of halogens is 1. The van der Waals surface area contributed by atoms with Gasteiger partial charge in [-0.1, -0.05) is 12.1 Å². The number of benzene rings is 1. The van der Waals surface area contributed by atoms with Gasteiger partial charge in [-0.2, -0.15) is 0 Å². The second-order valence-corrected chi connectivity index (χ2v) is 6.36. The van der Waals surface area contributed by atoms with Gasteiger partial charge in [-0.05, 0) is 47.3 Å². The molecular weight excluding hydrogens is 355 g/mol. The van der Waals surface area contributed by atoms with E-state index in [1.165, 1.54) is 12.3 Å². The molecule has 0 saturated carbocycles. The van der Waals surface area contributed by atoms with E-state index >= 15 is 0 Å². The van der Waals surface area contributed by atoms with Crippen molar-refractivity contribution in [3.8, 4) is 22.4 Å². The van der Waals surface area contributed by atoms with Crippen LogP contribution in [0, 0.1) is 5.82 Å². The van der Waals surface area contributed by atoms with E-state index < -0.39 is 0 Å². The van der Waals surface area contributed by atoms with Gasteiger partial charge in [-0.15, -0.1) is 0 Å². The molecule has 5 nitrogen and oxygen atoms in total. The van der Waals surface area contributed by atoms with E-state index in [-0.39, 0.29) is 11.4 Å². The lowest BCUT2D eigenvalue weighted by Crippen LogP contribution is -2.06. The standard InChI is InChI=1S/C22H13FN4O/c23-19-6-2-1-4-15(19)20-10-16(14-5-3-8-25-21(14)27-20)17-12-26-22(28)18-11-24-9-7-13(17)18/h1-12H,(H,26,28). The summed E-state index contributed by atoms with van der Waals surface area (Å²) >= 11 is 0. The summed E-state index contributed by atoms with van der Waals surface area (Å²) in [6, 6.07) is 13.9. The lowest BCUT2D eigenvalue weighted by molar-refractivity contribution is 0.631. The van der Waals surface area contributed by atoms with Crippen LogP contribution < -0.4 is 5.56 Å². The zero-order valence-corrected chi connectivity index (χ0v) is 14.6. The number of hydrogen-bond donors (Lipinski definition) is 1. The Labute approximate surface area is 158 Å². The van der Waals surface area contributed by atoms with Gasteiger partial charge >= 0.3 is 0 Å². The minimum Gasteiger partial charge on any atom is -0.328 e. The van der Waals surface area contributed by atoms with Gasteiger partial charge in [0.25, 0.3) is 5.56 Å². The highest BCUT2D eigenvalue weighted by molar-refractivity contribution is 6.04. The number of aromatic amines is 1. The van der Waals surface area contributed by atoms with E-state index in [9.17, 15) is 9.18 Å². The fraction of sp³-hybridized carbons (Fsp3) is 0. The molecule has 1 N–H and O–H groups in total. The largest absolute Gasteiger partial charge is 0.328 e. The Bertz CT molecular complexity index is 1410. The lowest BCUT2D eigenvalue weighted by atomic mass is 9.97. The maximum absolute atomic E-state index is 14.4. The van der Waals surface area contributed by atoms with E-state index in [2.05, 4.69) is 19.9 Å². The number of fused-ring (bicyclic) bond motifs is 2. The van der Waals surface area contributed by atoms with E-state index in [1.807, 2.05) is 18.2 Å². The zero-order valence-electron chi connectivity index (χ0n) is 14.6. The van der Waals surface area contributed by atoms with Gasteiger partial charge in [-0.3, -0.25) is 9.78 Å². The molecule has 0 aliphatic rings. The minimum absolute atomic E-state index is 0.210. The van der Waals surface area contributed by atoms with E-state index in [4.69, 9.17) is 0 Å². The summed E-state index contributed by atoms with van der Waals surface area (Å²) in [4.78, 5) is 27.9. The summed E-state index contributed by atoms with van der Waals surface area (Å²) in [5, 5.41) is 2.06. The van der Waals surface area contributed by atoms with Gasteiger partial charge < -0.3 is 4.98 Å². The lowest BCUT2D eigenvalue weighted by Gasteiger charge is -2.12.